The van der Waals surface area contributed by atoms with Gasteiger partial charge in [-0.2, -0.15) is 4.98 Å². The molecule has 166 valence electrons. The lowest BCUT2D eigenvalue weighted by Gasteiger charge is -2.18. The highest BCUT2D eigenvalue weighted by atomic mass is 35.5. The molecule has 1 unspecified atom stereocenters. The number of aliphatic hydroxyl groups is 2. The van der Waals surface area contributed by atoms with Crippen molar-refractivity contribution in [2.75, 3.05) is 31.4 Å². The molecular formula is C16H23ClN5O7P. The van der Waals surface area contributed by atoms with Crippen LogP contribution < -0.4 is 10.6 Å². The number of aromatic nitrogens is 3. The second-order valence-electron chi connectivity index (χ2n) is 7.35. The first-order valence-electron chi connectivity index (χ1n) is 9.38. The van der Waals surface area contributed by atoms with Crippen LogP contribution in [0.1, 0.15) is 12.6 Å². The van der Waals surface area contributed by atoms with Crippen LogP contribution in [-0.2, 0) is 14.0 Å². The summed E-state index contributed by atoms with van der Waals surface area (Å²) in [5, 5.41) is 28.1. The number of anilines is 1. The van der Waals surface area contributed by atoms with Gasteiger partial charge in [-0.15, -0.1) is 0 Å². The van der Waals surface area contributed by atoms with Crippen LogP contribution in [0, 0.1) is 0 Å². The van der Waals surface area contributed by atoms with E-state index in [4.69, 9.17) is 30.9 Å². The Hall–Kier alpha value is -1.34. The highest BCUT2D eigenvalue weighted by molar-refractivity contribution is 7.51. The van der Waals surface area contributed by atoms with Crippen molar-refractivity contribution in [3.63, 3.8) is 0 Å². The minimum Gasteiger partial charge on any atom is -0.387 e. The molecule has 2 saturated heterocycles. The lowest BCUT2D eigenvalue weighted by atomic mass is 10.1. The summed E-state index contributed by atoms with van der Waals surface area (Å²) in [6.07, 6.45) is -2.82. The zero-order valence-electron chi connectivity index (χ0n) is 15.8. The molecule has 6 N–H and O–H groups in total. The molecule has 2 aliphatic rings. The maximum atomic E-state index is 10.9. The number of nitrogens with zero attached hydrogens (tertiary/aromatic N) is 3. The molecule has 0 radical (unpaired) electrons. The monoisotopic (exact) mass is 463 g/mol. The third kappa shape index (κ3) is 4.62. The summed E-state index contributed by atoms with van der Waals surface area (Å²) < 4.78 is 23.1. The highest BCUT2D eigenvalue weighted by Crippen LogP contribution is 2.36. The fourth-order valence-corrected chi connectivity index (χ4v) is 4.19. The van der Waals surface area contributed by atoms with Crippen LogP contribution in [0.2, 0.25) is 5.28 Å². The Morgan fingerprint density at radius 2 is 2.17 bits per heavy atom. The van der Waals surface area contributed by atoms with Gasteiger partial charge in [-0.1, -0.05) is 0 Å². The number of rotatable bonds is 7. The number of hydrogen-bond acceptors (Lipinski definition) is 9. The predicted octanol–water partition coefficient (Wildman–Crippen LogP) is -0.371. The molecule has 30 heavy (non-hydrogen) atoms. The maximum absolute atomic E-state index is 10.9. The number of nitrogens with one attached hydrogen (secondary N) is 2. The van der Waals surface area contributed by atoms with E-state index in [9.17, 15) is 14.8 Å². The van der Waals surface area contributed by atoms with E-state index in [0.29, 0.717) is 16.9 Å². The lowest BCUT2D eigenvalue weighted by Crippen LogP contribution is -2.33. The third-order valence-electron chi connectivity index (χ3n) is 5.10. The maximum Gasteiger partial charge on any atom is 0.350 e. The molecule has 2 aliphatic heterocycles. The van der Waals surface area contributed by atoms with Gasteiger partial charge in [0, 0.05) is 18.8 Å². The summed E-state index contributed by atoms with van der Waals surface area (Å²) in [5.41, 5.74) is 0.413. The van der Waals surface area contributed by atoms with Gasteiger partial charge in [-0.25, -0.2) is 4.98 Å². The average molecular weight is 464 g/mol. The summed E-state index contributed by atoms with van der Waals surface area (Å²) in [6.45, 7) is 1.42. The fraction of sp³-hybridized carbons (Fsp3) is 0.625. The zero-order valence-corrected chi connectivity index (χ0v) is 17.4. The van der Waals surface area contributed by atoms with E-state index < -0.39 is 38.5 Å². The van der Waals surface area contributed by atoms with E-state index >= 15 is 0 Å². The molecule has 12 nitrogen and oxygen atoms in total. The molecule has 0 aromatic carbocycles. The summed E-state index contributed by atoms with van der Waals surface area (Å²) in [5.74, 6) is 0.562. The fourth-order valence-electron chi connectivity index (χ4n) is 3.68. The first-order chi connectivity index (χ1) is 14.2. The van der Waals surface area contributed by atoms with Crippen molar-refractivity contribution in [1.29, 1.82) is 0 Å². The first-order valence-corrected chi connectivity index (χ1v) is 11.6. The van der Waals surface area contributed by atoms with Crippen molar-refractivity contribution in [1.82, 2.24) is 19.9 Å². The summed E-state index contributed by atoms with van der Waals surface area (Å²) in [7, 11) is -4.35. The van der Waals surface area contributed by atoms with E-state index in [1.165, 1.54) is 4.57 Å². The SMILES string of the molecule is O=P(O)(O)COCC1O[C@@H](n2ccc3c(N[C@H]4CCNC4)nc(Cl)nc32)[C@H](O)[C@@H]1O. The quantitative estimate of drug-likeness (QED) is 0.234. The van der Waals surface area contributed by atoms with Crippen molar-refractivity contribution < 1.29 is 34.0 Å². The Bertz CT molecular complexity index is 949. The molecule has 14 heteroatoms. The van der Waals surface area contributed by atoms with Crippen LogP contribution in [0.15, 0.2) is 12.3 Å². The van der Waals surface area contributed by atoms with Crippen LogP contribution in [0.4, 0.5) is 5.82 Å². The molecule has 0 amide bonds. The molecule has 2 aromatic rings. The Balaban J connectivity index is 1.55. The van der Waals surface area contributed by atoms with Crippen molar-refractivity contribution in [2.45, 2.75) is 37.0 Å². The number of halogens is 1. The summed E-state index contributed by atoms with van der Waals surface area (Å²) in [4.78, 5) is 26.3. The van der Waals surface area contributed by atoms with Gasteiger partial charge in [0.25, 0.3) is 0 Å². The Morgan fingerprint density at radius 3 is 2.87 bits per heavy atom. The van der Waals surface area contributed by atoms with Gasteiger partial charge >= 0.3 is 7.60 Å². The number of hydrogen-bond donors (Lipinski definition) is 6. The van der Waals surface area contributed by atoms with Crippen molar-refractivity contribution >= 4 is 36.0 Å². The molecule has 2 aromatic heterocycles. The molecule has 4 heterocycles. The second-order valence-corrected chi connectivity index (χ2v) is 9.27. The summed E-state index contributed by atoms with van der Waals surface area (Å²) >= 11 is 6.11. The van der Waals surface area contributed by atoms with Crippen LogP contribution in [-0.4, -0.2) is 84.9 Å². The highest BCUT2D eigenvalue weighted by Gasteiger charge is 2.44. The van der Waals surface area contributed by atoms with E-state index in [1.54, 1.807) is 12.3 Å². The Morgan fingerprint density at radius 1 is 1.37 bits per heavy atom. The van der Waals surface area contributed by atoms with E-state index in [2.05, 4.69) is 20.6 Å². The number of aliphatic hydroxyl groups excluding tert-OH is 2. The van der Waals surface area contributed by atoms with Gasteiger partial charge in [-0.05, 0) is 30.6 Å². The Kier molecular flexibility index (Phi) is 6.31. The molecule has 0 saturated carbocycles. The third-order valence-corrected chi connectivity index (χ3v) is 5.79. The molecule has 0 bridgehead atoms. The smallest absolute Gasteiger partial charge is 0.350 e. The molecule has 0 aliphatic carbocycles. The van der Waals surface area contributed by atoms with Gasteiger partial charge in [0.05, 0.1) is 12.0 Å². The minimum absolute atomic E-state index is 0.0190. The van der Waals surface area contributed by atoms with E-state index in [1.807, 2.05) is 0 Å². The standard InChI is InChI=1S/C16H23ClN5O7P/c17-16-20-13(19-8-1-3-18-5-8)9-2-4-22(14(9)21-16)15-12(24)11(23)10(29-15)6-28-7-30(25,26)27/h2,4,8,10-12,15,18,23-24H,1,3,5-7H2,(H,19,20,21)(H2,25,26,27)/t8-,10?,11+,12+,15+/m0/s1. The van der Waals surface area contributed by atoms with Crippen LogP contribution in [0.3, 0.4) is 0 Å². The lowest BCUT2D eigenvalue weighted by molar-refractivity contribution is -0.0610. The number of fused-ring (bicyclic) bond motifs is 1. The molecule has 4 rings (SSSR count). The molecular weight excluding hydrogens is 441 g/mol. The molecule has 5 atom stereocenters. The van der Waals surface area contributed by atoms with Gasteiger partial charge in [0.1, 0.15) is 36.1 Å². The summed E-state index contributed by atoms with van der Waals surface area (Å²) in [6, 6.07) is 1.96. The van der Waals surface area contributed by atoms with E-state index in [-0.39, 0.29) is 17.9 Å². The minimum atomic E-state index is -4.35. The van der Waals surface area contributed by atoms with Gasteiger partial charge in [0.15, 0.2) is 6.23 Å². The van der Waals surface area contributed by atoms with E-state index in [0.717, 1.165) is 19.5 Å². The molecule has 0 spiro atoms. The van der Waals surface area contributed by atoms with Gasteiger partial charge < -0.3 is 44.7 Å². The molecule has 2 fully saturated rings. The topological polar surface area (TPSA) is 171 Å². The van der Waals surface area contributed by atoms with Gasteiger partial charge in [0.2, 0.25) is 5.28 Å². The zero-order chi connectivity index (χ0) is 21.5. The van der Waals surface area contributed by atoms with Crippen LogP contribution in [0.25, 0.3) is 11.0 Å². The van der Waals surface area contributed by atoms with Crippen molar-refractivity contribution in [3.8, 4) is 0 Å². The van der Waals surface area contributed by atoms with Crippen LogP contribution >= 0.6 is 19.2 Å². The van der Waals surface area contributed by atoms with Crippen molar-refractivity contribution in [3.05, 3.63) is 17.5 Å². The van der Waals surface area contributed by atoms with Gasteiger partial charge in [-0.3, -0.25) is 4.57 Å². The Labute approximate surface area is 176 Å². The predicted molar refractivity (Wildman–Crippen MR) is 106 cm³/mol. The van der Waals surface area contributed by atoms with Crippen LogP contribution in [0.5, 0.6) is 0 Å². The number of ether oxygens (including phenoxy) is 2. The first kappa shape index (κ1) is 21.9. The normalized spacial score (nSPS) is 29.7. The second kappa shape index (κ2) is 8.65. The largest absolute Gasteiger partial charge is 0.387 e. The van der Waals surface area contributed by atoms with Crippen molar-refractivity contribution in [2.24, 2.45) is 0 Å². The average Bonchev–Trinajstić information content (AvgIpc) is 3.37.